The number of cyclic esters (lactones) is 1. The van der Waals surface area contributed by atoms with Gasteiger partial charge in [-0.25, -0.2) is 4.79 Å². The quantitative estimate of drug-likeness (QED) is 0.865. The summed E-state index contributed by atoms with van der Waals surface area (Å²) in [5, 5.41) is 12.2. The predicted molar refractivity (Wildman–Crippen MR) is 86.9 cm³/mol. The first-order chi connectivity index (χ1) is 10.5. The Labute approximate surface area is 134 Å². The van der Waals surface area contributed by atoms with Gasteiger partial charge in [-0.15, -0.1) is 0 Å². The summed E-state index contributed by atoms with van der Waals surface area (Å²) in [6, 6.07) is 10.0. The summed E-state index contributed by atoms with van der Waals surface area (Å²) in [4.78, 5) is 14.3. The zero-order valence-corrected chi connectivity index (χ0v) is 13.2. The molecule has 1 N–H and O–H groups in total. The second-order valence-corrected chi connectivity index (χ2v) is 6.41. The number of carbonyl (C=O) groups is 1. The van der Waals surface area contributed by atoms with Crippen molar-refractivity contribution in [1.29, 1.82) is 5.26 Å². The van der Waals surface area contributed by atoms with Gasteiger partial charge in [0.25, 0.3) is 0 Å². The van der Waals surface area contributed by atoms with Gasteiger partial charge in [0.15, 0.2) is 0 Å². The van der Waals surface area contributed by atoms with Crippen LogP contribution in [0.5, 0.6) is 0 Å². The second-order valence-electron chi connectivity index (χ2n) is 5.79. The first-order valence-corrected chi connectivity index (χ1v) is 7.69. The zero-order chi connectivity index (χ0) is 15.7. The lowest BCUT2D eigenvalue weighted by molar-refractivity contribution is 0.143. The van der Waals surface area contributed by atoms with E-state index < -0.39 is 0 Å². The van der Waals surface area contributed by atoms with E-state index >= 15 is 0 Å². The summed E-state index contributed by atoms with van der Waals surface area (Å²) in [6.45, 7) is 2.82. The van der Waals surface area contributed by atoms with E-state index in [2.05, 4.69) is 11.4 Å². The fourth-order valence-electron chi connectivity index (χ4n) is 2.65. The highest BCUT2D eigenvalue weighted by molar-refractivity contribution is 7.80. The molecule has 5 nitrogen and oxygen atoms in total. The Bertz CT molecular complexity index is 646. The largest absolute Gasteiger partial charge is 0.442 e. The van der Waals surface area contributed by atoms with Crippen LogP contribution in [0.1, 0.15) is 25.3 Å². The number of ether oxygens (including phenoxy) is 1. The third kappa shape index (κ3) is 2.77. The molecule has 1 saturated heterocycles. The maximum Gasteiger partial charge on any atom is 0.414 e. The minimum atomic E-state index is -0.344. The molecule has 0 bridgehead atoms. The van der Waals surface area contributed by atoms with Crippen LogP contribution in [0.3, 0.4) is 0 Å². The van der Waals surface area contributed by atoms with E-state index in [0.717, 1.165) is 24.1 Å². The van der Waals surface area contributed by atoms with Gasteiger partial charge >= 0.3 is 6.09 Å². The molecule has 2 aliphatic rings. The number of hydrogen-bond donors (Lipinski definition) is 1. The number of carbonyl (C=O) groups excluding carboxylic acids is 1. The van der Waals surface area contributed by atoms with Crippen molar-refractivity contribution in [2.75, 3.05) is 18.0 Å². The maximum absolute atomic E-state index is 12.0. The first-order valence-electron chi connectivity index (χ1n) is 7.28. The van der Waals surface area contributed by atoms with Gasteiger partial charge in [-0.3, -0.25) is 4.90 Å². The minimum absolute atomic E-state index is 0.209. The molecule has 1 aliphatic heterocycles. The van der Waals surface area contributed by atoms with Gasteiger partial charge in [-0.1, -0.05) is 24.4 Å². The molecule has 114 valence electrons. The van der Waals surface area contributed by atoms with Crippen LogP contribution in [0.15, 0.2) is 24.3 Å². The predicted octanol–water partition coefficient (Wildman–Crippen LogP) is 2.50. The molecular formula is C16H17N3O2S. The van der Waals surface area contributed by atoms with Gasteiger partial charge in [0.05, 0.1) is 29.6 Å². The Kier molecular flexibility index (Phi) is 3.75. The normalized spacial score (nSPS) is 21.9. The van der Waals surface area contributed by atoms with E-state index in [0.29, 0.717) is 18.1 Å². The Morgan fingerprint density at radius 1 is 1.50 bits per heavy atom. The van der Waals surface area contributed by atoms with Crippen molar-refractivity contribution in [3.05, 3.63) is 29.8 Å². The minimum Gasteiger partial charge on any atom is -0.442 e. The lowest BCUT2D eigenvalue weighted by Crippen LogP contribution is -2.32. The van der Waals surface area contributed by atoms with Crippen LogP contribution in [0.4, 0.5) is 10.5 Å². The molecule has 0 spiro atoms. The van der Waals surface area contributed by atoms with E-state index in [9.17, 15) is 10.1 Å². The Balaban J connectivity index is 1.68. The Morgan fingerprint density at radius 2 is 2.18 bits per heavy atom. The number of nitriles is 1. The van der Waals surface area contributed by atoms with E-state index in [4.69, 9.17) is 17.0 Å². The fraction of sp³-hybridized carbons (Fsp3) is 0.438. The average molecular weight is 315 g/mol. The molecule has 1 saturated carbocycles. The summed E-state index contributed by atoms with van der Waals surface area (Å²) in [7, 11) is 0. The molecule has 1 heterocycles. The molecule has 1 atom stereocenters. The van der Waals surface area contributed by atoms with Gasteiger partial charge in [-0.05, 0) is 37.5 Å². The van der Waals surface area contributed by atoms with Crippen LogP contribution in [-0.4, -0.2) is 30.3 Å². The van der Waals surface area contributed by atoms with Gasteiger partial charge in [0.2, 0.25) is 0 Å². The fourth-order valence-corrected chi connectivity index (χ4v) is 2.73. The van der Waals surface area contributed by atoms with Crippen LogP contribution >= 0.6 is 12.2 Å². The molecule has 22 heavy (non-hydrogen) atoms. The van der Waals surface area contributed by atoms with Crippen molar-refractivity contribution >= 4 is 29.0 Å². The Morgan fingerprint density at radius 3 is 2.73 bits per heavy atom. The van der Waals surface area contributed by atoms with Crippen LogP contribution in [0, 0.1) is 11.3 Å². The molecule has 3 rings (SSSR count). The van der Waals surface area contributed by atoms with Crippen LogP contribution in [-0.2, 0) is 10.2 Å². The number of nitrogens with one attached hydrogen (secondary N) is 1. The molecule has 1 aliphatic carbocycles. The number of hydrogen-bond acceptors (Lipinski definition) is 4. The standard InChI is InChI=1S/C16H17N3O2S/c1-11(22)18-8-14-9-19(15(20)21-14)13-4-2-12(3-5-13)16(10-17)6-7-16/h2-5,14H,6-9H2,1H3,(H,18,22)/t14-/m0/s1. The number of thiocarbonyl (C=S) groups is 1. The summed E-state index contributed by atoms with van der Waals surface area (Å²) >= 11 is 4.96. The summed E-state index contributed by atoms with van der Waals surface area (Å²) in [5.41, 5.74) is 1.53. The van der Waals surface area contributed by atoms with E-state index in [-0.39, 0.29) is 17.6 Å². The van der Waals surface area contributed by atoms with Crippen molar-refractivity contribution in [3.63, 3.8) is 0 Å². The molecule has 1 aromatic rings. The van der Waals surface area contributed by atoms with Crippen LogP contribution in [0.25, 0.3) is 0 Å². The van der Waals surface area contributed by atoms with Gasteiger partial charge in [0.1, 0.15) is 6.10 Å². The SMILES string of the molecule is CC(=S)NC[C@H]1CN(c2ccc(C3(C#N)CC3)cc2)C(=O)O1. The number of amides is 1. The Hall–Kier alpha value is -2.13. The number of benzene rings is 1. The van der Waals surface area contributed by atoms with Gasteiger partial charge < -0.3 is 10.1 Å². The molecule has 1 amide bonds. The number of nitrogens with zero attached hydrogens (tertiary/aromatic N) is 2. The summed E-state index contributed by atoms with van der Waals surface area (Å²) < 4.78 is 5.32. The zero-order valence-electron chi connectivity index (χ0n) is 12.3. The molecule has 0 aromatic heterocycles. The lowest BCUT2D eigenvalue weighted by Gasteiger charge is -2.14. The maximum atomic E-state index is 12.0. The van der Waals surface area contributed by atoms with Crippen LogP contribution < -0.4 is 10.2 Å². The monoisotopic (exact) mass is 315 g/mol. The number of rotatable bonds is 4. The van der Waals surface area contributed by atoms with Crippen molar-refractivity contribution in [3.8, 4) is 6.07 Å². The lowest BCUT2D eigenvalue weighted by atomic mass is 9.97. The number of anilines is 1. The molecule has 6 heteroatoms. The van der Waals surface area contributed by atoms with Crippen molar-refractivity contribution in [1.82, 2.24) is 5.32 Å². The second kappa shape index (κ2) is 5.58. The first kappa shape index (κ1) is 14.8. The van der Waals surface area contributed by atoms with Crippen LogP contribution in [0.2, 0.25) is 0 Å². The topological polar surface area (TPSA) is 65.4 Å². The van der Waals surface area contributed by atoms with E-state index in [1.54, 1.807) is 11.8 Å². The molecule has 0 radical (unpaired) electrons. The smallest absolute Gasteiger partial charge is 0.414 e. The van der Waals surface area contributed by atoms with E-state index in [1.165, 1.54) is 0 Å². The highest BCUT2D eigenvalue weighted by Crippen LogP contribution is 2.47. The molecular weight excluding hydrogens is 298 g/mol. The third-order valence-electron chi connectivity index (χ3n) is 4.15. The summed E-state index contributed by atoms with van der Waals surface area (Å²) in [6.07, 6.45) is 1.28. The summed E-state index contributed by atoms with van der Waals surface area (Å²) in [5.74, 6) is 0. The molecule has 1 aromatic carbocycles. The van der Waals surface area contributed by atoms with Crippen molar-refractivity contribution < 1.29 is 9.53 Å². The highest BCUT2D eigenvalue weighted by atomic mass is 32.1. The molecule has 2 fully saturated rings. The average Bonchev–Trinajstić information content (AvgIpc) is 3.23. The van der Waals surface area contributed by atoms with E-state index in [1.807, 2.05) is 24.3 Å². The molecule has 0 unspecified atom stereocenters. The third-order valence-corrected chi connectivity index (χ3v) is 4.29. The van der Waals surface area contributed by atoms with Crippen molar-refractivity contribution in [2.24, 2.45) is 0 Å². The highest BCUT2D eigenvalue weighted by Gasteiger charge is 2.44. The van der Waals surface area contributed by atoms with Gasteiger partial charge in [0, 0.05) is 5.69 Å². The van der Waals surface area contributed by atoms with Crippen molar-refractivity contribution in [2.45, 2.75) is 31.3 Å². The van der Waals surface area contributed by atoms with Gasteiger partial charge in [-0.2, -0.15) is 5.26 Å².